The summed E-state index contributed by atoms with van der Waals surface area (Å²) in [4.78, 5) is 4.90. The molecule has 346 valence electrons. The Labute approximate surface area is 408 Å². The molecule has 0 aliphatic heterocycles. The number of aromatic nitrogens is 4. The molecule has 69 heavy (non-hydrogen) atoms. The molecule has 0 spiro atoms. The van der Waals surface area contributed by atoms with Crippen LogP contribution in [0.5, 0.6) is 11.5 Å². The van der Waals surface area contributed by atoms with Gasteiger partial charge < -0.3 is 4.74 Å². The number of rotatable bonds is 7. The molecule has 3 heterocycles. The number of benzene rings is 7. The number of hydrogen-bond donors (Lipinski definition) is 0. The van der Waals surface area contributed by atoms with E-state index in [1.165, 1.54) is 49.9 Å². The SMILES string of the molecule is CC(C)(C)c1ccc(-c2cc(C(C)(C)C)cc(-c3ccc(C(C)(C)C)cc3)c2-[n+]2cn(-c3cccc(Oc4ccc5c6ccccc6n(-c6cc(C(C)(C)C)ccn6)c5c4)c3)c3ccccc32)cc1. The number of ether oxygens (including phenoxy) is 1. The Morgan fingerprint density at radius 1 is 0.435 bits per heavy atom. The molecule has 0 aliphatic carbocycles. The van der Waals surface area contributed by atoms with Gasteiger partial charge in [0.05, 0.1) is 11.0 Å². The van der Waals surface area contributed by atoms with Crippen molar-refractivity contribution in [3.05, 3.63) is 199 Å². The van der Waals surface area contributed by atoms with E-state index in [1.54, 1.807) is 0 Å². The van der Waals surface area contributed by atoms with Crippen LogP contribution in [-0.4, -0.2) is 14.1 Å². The van der Waals surface area contributed by atoms with Gasteiger partial charge in [0, 0.05) is 40.2 Å². The number of pyridine rings is 1. The average molecular weight is 906 g/mol. The van der Waals surface area contributed by atoms with Crippen LogP contribution in [-0.2, 0) is 21.7 Å². The number of nitrogens with zero attached hydrogens (tertiary/aromatic N) is 4. The largest absolute Gasteiger partial charge is 0.457 e. The molecule has 0 saturated carbocycles. The summed E-state index contributed by atoms with van der Waals surface area (Å²) in [5.74, 6) is 2.40. The number of fused-ring (bicyclic) bond motifs is 4. The molecule has 0 unspecified atom stereocenters. The minimum atomic E-state index is -0.0901. The first-order valence-corrected chi connectivity index (χ1v) is 24.4. The summed E-state index contributed by atoms with van der Waals surface area (Å²) in [5.41, 5.74) is 16.4. The van der Waals surface area contributed by atoms with Crippen LogP contribution < -0.4 is 9.30 Å². The minimum Gasteiger partial charge on any atom is -0.457 e. The second kappa shape index (κ2) is 16.8. The summed E-state index contributed by atoms with van der Waals surface area (Å²) >= 11 is 0. The van der Waals surface area contributed by atoms with Gasteiger partial charge in [0.15, 0.2) is 11.0 Å². The van der Waals surface area contributed by atoms with Crippen molar-refractivity contribution >= 4 is 32.8 Å². The highest BCUT2D eigenvalue weighted by Gasteiger charge is 2.29. The summed E-state index contributed by atoms with van der Waals surface area (Å²) in [5, 5.41) is 2.34. The van der Waals surface area contributed by atoms with Crippen molar-refractivity contribution < 1.29 is 9.30 Å². The van der Waals surface area contributed by atoms with Crippen LogP contribution in [0.2, 0.25) is 0 Å². The summed E-state index contributed by atoms with van der Waals surface area (Å²) in [6.07, 6.45) is 4.19. The van der Waals surface area contributed by atoms with Gasteiger partial charge >= 0.3 is 0 Å². The van der Waals surface area contributed by atoms with Gasteiger partial charge in [-0.25, -0.2) is 4.98 Å². The van der Waals surface area contributed by atoms with E-state index in [0.717, 1.165) is 56.1 Å². The Balaban J connectivity index is 1.12. The van der Waals surface area contributed by atoms with Crippen molar-refractivity contribution in [3.8, 4) is 50.9 Å². The first-order valence-electron chi connectivity index (χ1n) is 24.4. The van der Waals surface area contributed by atoms with Crippen LogP contribution in [0, 0.1) is 0 Å². The Bertz CT molecular complexity index is 3460. The lowest BCUT2D eigenvalue weighted by Gasteiger charge is -2.24. The monoisotopic (exact) mass is 906 g/mol. The highest BCUT2D eigenvalue weighted by atomic mass is 16.5. The van der Waals surface area contributed by atoms with E-state index in [1.807, 2.05) is 12.3 Å². The molecule has 0 atom stereocenters. The van der Waals surface area contributed by atoms with Gasteiger partial charge in [0.2, 0.25) is 0 Å². The molecule has 0 radical (unpaired) electrons. The van der Waals surface area contributed by atoms with Crippen LogP contribution >= 0.6 is 0 Å². The summed E-state index contributed by atoms with van der Waals surface area (Å²) in [7, 11) is 0. The molecule has 5 nitrogen and oxygen atoms in total. The lowest BCUT2D eigenvalue weighted by atomic mass is 9.81. The molecule has 10 rings (SSSR count). The number of para-hydroxylation sites is 3. The predicted molar refractivity (Wildman–Crippen MR) is 289 cm³/mol. The average Bonchev–Trinajstić information content (AvgIpc) is 3.86. The maximum Gasteiger partial charge on any atom is 0.255 e. The van der Waals surface area contributed by atoms with E-state index >= 15 is 0 Å². The van der Waals surface area contributed by atoms with Crippen LogP contribution in [0.4, 0.5) is 0 Å². The standard InChI is InChI=1S/C64H65N4O/c1-61(2,3)44-28-24-42(25-29-44)53-36-47(64(10,11)12)37-54(43-26-30-45(31-27-43)62(4,5)6)60(53)67-41-66(56-22-15-16-23-57(56)67)48-18-17-19-49(39-48)69-50-32-33-52-51-20-13-14-21-55(51)68(58(52)40-50)59-38-46(34-35-65-59)63(7,8)9/h13-41H,1-12H3/q+1. The Kier molecular flexibility index (Phi) is 11.1. The Morgan fingerprint density at radius 2 is 0.986 bits per heavy atom. The van der Waals surface area contributed by atoms with E-state index in [-0.39, 0.29) is 21.7 Å². The Hall–Kier alpha value is -7.24. The second-order valence-electron chi connectivity index (χ2n) is 23.0. The van der Waals surface area contributed by atoms with E-state index in [2.05, 4.69) is 261 Å². The fourth-order valence-electron chi connectivity index (χ4n) is 9.66. The first-order chi connectivity index (χ1) is 32.7. The van der Waals surface area contributed by atoms with Crippen molar-refractivity contribution in [1.82, 2.24) is 14.1 Å². The normalized spacial score (nSPS) is 12.6. The summed E-state index contributed by atoms with van der Waals surface area (Å²) in [6.45, 7) is 27.4. The van der Waals surface area contributed by atoms with E-state index in [9.17, 15) is 0 Å². The molecule has 10 aromatic rings. The van der Waals surface area contributed by atoms with Gasteiger partial charge in [0.25, 0.3) is 6.33 Å². The van der Waals surface area contributed by atoms with Gasteiger partial charge in [-0.2, -0.15) is 9.13 Å². The van der Waals surface area contributed by atoms with Gasteiger partial charge in [0.1, 0.15) is 28.7 Å². The molecule has 0 amide bonds. The van der Waals surface area contributed by atoms with Crippen LogP contribution in [0.15, 0.2) is 176 Å². The molecule has 0 saturated heterocycles. The van der Waals surface area contributed by atoms with Crippen molar-refractivity contribution in [1.29, 1.82) is 0 Å². The van der Waals surface area contributed by atoms with E-state index in [4.69, 9.17) is 9.72 Å². The summed E-state index contributed by atoms with van der Waals surface area (Å²) in [6, 6.07) is 59.8. The number of imidazole rings is 1. The molecule has 7 aromatic carbocycles. The molecular formula is C64H65N4O+. The van der Waals surface area contributed by atoms with Crippen molar-refractivity contribution in [2.75, 3.05) is 0 Å². The minimum absolute atomic E-state index is 0.0156. The molecule has 0 fully saturated rings. The van der Waals surface area contributed by atoms with E-state index in [0.29, 0.717) is 0 Å². The molecule has 0 aliphatic rings. The maximum atomic E-state index is 6.83. The maximum absolute atomic E-state index is 6.83. The third kappa shape index (κ3) is 8.65. The van der Waals surface area contributed by atoms with Crippen molar-refractivity contribution in [3.63, 3.8) is 0 Å². The molecular weight excluding hydrogens is 841 g/mol. The zero-order valence-electron chi connectivity index (χ0n) is 42.4. The lowest BCUT2D eigenvalue weighted by molar-refractivity contribution is -0.566. The topological polar surface area (TPSA) is 35.9 Å². The summed E-state index contributed by atoms with van der Waals surface area (Å²) < 4.78 is 13.8. The van der Waals surface area contributed by atoms with E-state index < -0.39 is 0 Å². The smallest absolute Gasteiger partial charge is 0.255 e. The molecule has 5 heteroatoms. The fourth-order valence-corrected chi connectivity index (χ4v) is 9.66. The third-order valence-corrected chi connectivity index (χ3v) is 13.8. The van der Waals surface area contributed by atoms with Crippen molar-refractivity contribution in [2.24, 2.45) is 0 Å². The van der Waals surface area contributed by atoms with Crippen LogP contribution in [0.25, 0.3) is 72.3 Å². The molecule has 0 N–H and O–H groups in total. The Morgan fingerprint density at radius 3 is 1.59 bits per heavy atom. The highest BCUT2D eigenvalue weighted by Crippen LogP contribution is 2.41. The fraction of sp³-hybridized carbons (Fsp3) is 0.250. The quantitative estimate of drug-likeness (QED) is 0.149. The van der Waals surface area contributed by atoms with Gasteiger partial charge in [-0.1, -0.05) is 168 Å². The first kappa shape index (κ1) is 45.5. The zero-order chi connectivity index (χ0) is 48.6. The van der Waals surface area contributed by atoms with Gasteiger partial charge in [-0.15, -0.1) is 0 Å². The highest BCUT2D eigenvalue weighted by molar-refractivity contribution is 6.09. The van der Waals surface area contributed by atoms with Crippen LogP contribution in [0.3, 0.4) is 0 Å². The second-order valence-corrected chi connectivity index (χ2v) is 23.0. The zero-order valence-corrected chi connectivity index (χ0v) is 42.4. The molecule has 3 aromatic heterocycles. The predicted octanol–water partition coefficient (Wildman–Crippen LogP) is 16.7. The third-order valence-electron chi connectivity index (χ3n) is 13.8. The number of hydrogen-bond acceptors (Lipinski definition) is 2. The lowest BCUT2D eigenvalue weighted by Crippen LogP contribution is -2.31. The van der Waals surface area contributed by atoms with Crippen molar-refractivity contribution in [2.45, 2.75) is 105 Å². The van der Waals surface area contributed by atoms with Gasteiger partial charge in [-0.3, -0.25) is 4.57 Å². The molecule has 0 bridgehead atoms. The van der Waals surface area contributed by atoms with Crippen LogP contribution in [0.1, 0.15) is 105 Å². The van der Waals surface area contributed by atoms with Gasteiger partial charge in [-0.05, 0) is 122 Å².